The summed E-state index contributed by atoms with van der Waals surface area (Å²) in [6.45, 7) is 4.44. The number of carbonyl (C=O) groups is 1. The van der Waals surface area contributed by atoms with Gasteiger partial charge in [0.2, 0.25) is 5.91 Å². The van der Waals surface area contributed by atoms with Crippen LogP contribution in [0.1, 0.15) is 0 Å². The second kappa shape index (κ2) is 6.31. The van der Waals surface area contributed by atoms with Gasteiger partial charge in [-0.05, 0) is 35.1 Å². The highest BCUT2D eigenvalue weighted by Gasteiger charge is 2.16. The zero-order chi connectivity index (χ0) is 13.0. The van der Waals surface area contributed by atoms with Crippen molar-refractivity contribution < 1.29 is 4.79 Å². The number of piperazine rings is 1. The smallest absolute Gasteiger partial charge is 0.238 e. The van der Waals surface area contributed by atoms with E-state index in [4.69, 9.17) is 0 Å². The highest BCUT2D eigenvalue weighted by Crippen LogP contribution is 2.20. The summed E-state index contributed by atoms with van der Waals surface area (Å²) in [7, 11) is 2.11. The van der Waals surface area contributed by atoms with Crippen molar-refractivity contribution in [3.8, 4) is 0 Å². The minimum Gasteiger partial charge on any atom is -0.324 e. The summed E-state index contributed by atoms with van der Waals surface area (Å²) in [5.41, 5.74) is 0.830. The lowest BCUT2D eigenvalue weighted by molar-refractivity contribution is -0.117. The molecule has 1 heterocycles. The first-order chi connectivity index (χ1) is 8.65. The Morgan fingerprint density at radius 2 is 1.94 bits per heavy atom. The molecule has 98 valence electrons. The summed E-state index contributed by atoms with van der Waals surface area (Å²) in [5, 5.41) is 2.93. The van der Waals surface area contributed by atoms with Crippen molar-refractivity contribution in [2.24, 2.45) is 0 Å². The van der Waals surface area contributed by atoms with Crippen LogP contribution in [0.3, 0.4) is 0 Å². The predicted molar refractivity (Wildman–Crippen MR) is 76.7 cm³/mol. The molecule has 1 aliphatic heterocycles. The van der Waals surface area contributed by atoms with Gasteiger partial charge in [-0.1, -0.05) is 12.1 Å². The van der Waals surface area contributed by atoms with Gasteiger partial charge in [0.05, 0.1) is 12.2 Å². The summed E-state index contributed by atoms with van der Waals surface area (Å²) in [6.07, 6.45) is 0. The fourth-order valence-corrected chi connectivity index (χ4v) is 2.35. The standard InChI is InChI=1S/C13H18BrN3O/c1-16-6-8-17(9-7-16)10-13(18)15-12-5-3-2-4-11(12)14/h2-5H,6-10H2,1H3,(H,15,18). The van der Waals surface area contributed by atoms with Crippen LogP contribution in [0.25, 0.3) is 0 Å². The molecule has 4 nitrogen and oxygen atoms in total. The molecule has 1 aromatic carbocycles. The Hall–Kier alpha value is -0.910. The minimum absolute atomic E-state index is 0.0476. The van der Waals surface area contributed by atoms with Gasteiger partial charge in [-0.2, -0.15) is 0 Å². The molecule has 1 amide bonds. The van der Waals surface area contributed by atoms with E-state index in [1.807, 2.05) is 24.3 Å². The Kier molecular flexibility index (Phi) is 4.74. The number of halogens is 1. The van der Waals surface area contributed by atoms with Crippen molar-refractivity contribution >= 4 is 27.5 Å². The van der Waals surface area contributed by atoms with Gasteiger partial charge < -0.3 is 10.2 Å². The molecule has 0 aromatic heterocycles. The molecule has 5 heteroatoms. The number of carbonyl (C=O) groups excluding carboxylic acids is 1. The van der Waals surface area contributed by atoms with E-state index in [0.717, 1.165) is 36.3 Å². The average molecular weight is 312 g/mol. The lowest BCUT2D eigenvalue weighted by Crippen LogP contribution is -2.47. The molecule has 0 spiro atoms. The monoisotopic (exact) mass is 311 g/mol. The molecule has 0 saturated carbocycles. The lowest BCUT2D eigenvalue weighted by atomic mass is 10.3. The van der Waals surface area contributed by atoms with Crippen LogP contribution in [-0.2, 0) is 4.79 Å². The maximum atomic E-state index is 11.9. The molecule has 2 rings (SSSR count). The van der Waals surface area contributed by atoms with Gasteiger partial charge in [0, 0.05) is 30.7 Å². The quantitative estimate of drug-likeness (QED) is 0.921. The molecule has 1 aromatic rings. The van der Waals surface area contributed by atoms with E-state index in [1.165, 1.54) is 0 Å². The van der Waals surface area contributed by atoms with E-state index in [-0.39, 0.29) is 5.91 Å². The van der Waals surface area contributed by atoms with Crippen molar-refractivity contribution in [2.75, 3.05) is 45.1 Å². The number of amides is 1. The minimum atomic E-state index is 0.0476. The van der Waals surface area contributed by atoms with E-state index in [2.05, 4.69) is 38.1 Å². The second-order valence-corrected chi connectivity index (χ2v) is 5.46. The number of benzene rings is 1. The molecule has 0 bridgehead atoms. The molecule has 1 aliphatic rings. The van der Waals surface area contributed by atoms with Crippen LogP contribution in [-0.4, -0.2) is 55.5 Å². The summed E-state index contributed by atoms with van der Waals surface area (Å²) < 4.78 is 0.914. The fraction of sp³-hybridized carbons (Fsp3) is 0.462. The Labute approximate surface area is 116 Å². The van der Waals surface area contributed by atoms with E-state index in [0.29, 0.717) is 6.54 Å². The number of hydrogen-bond donors (Lipinski definition) is 1. The number of para-hydroxylation sites is 1. The lowest BCUT2D eigenvalue weighted by Gasteiger charge is -2.31. The van der Waals surface area contributed by atoms with Crippen LogP contribution >= 0.6 is 15.9 Å². The van der Waals surface area contributed by atoms with Crippen LogP contribution in [0.2, 0.25) is 0 Å². The third-order valence-electron chi connectivity index (χ3n) is 3.11. The third-order valence-corrected chi connectivity index (χ3v) is 3.80. The summed E-state index contributed by atoms with van der Waals surface area (Å²) in [4.78, 5) is 16.4. The van der Waals surface area contributed by atoms with Gasteiger partial charge in [0.15, 0.2) is 0 Å². The molecular weight excluding hydrogens is 294 g/mol. The Balaban J connectivity index is 1.84. The van der Waals surface area contributed by atoms with Crippen molar-refractivity contribution in [1.29, 1.82) is 0 Å². The molecule has 0 aliphatic carbocycles. The molecular formula is C13H18BrN3O. The number of likely N-dealkylation sites (N-methyl/N-ethyl adjacent to an activating group) is 1. The zero-order valence-corrected chi connectivity index (χ0v) is 12.1. The number of rotatable bonds is 3. The van der Waals surface area contributed by atoms with Gasteiger partial charge >= 0.3 is 0 Å². The van der Waals surface area contributed by atoms with Crippen LogP contribution in [0.4, 0.5) is 5.69 Å². The number of anilines is 1. The predicted octanol–water partition coefficient (Wildman–Crippen LogP) is 1.63. The van der Waals surface area contributed by atoms with Gasteiger partial charge in [-0.3, -0.25) is 9.69 Å². The molecule has 1 N–H and O–H groups in total. The normalized spacial score (nSPS) is 17.7. The van der Waals surface area contributed by atoms with Gasteiger partial charge in [0.1, 0.15) is 0 Å². The SMILES string of the molecule is CN1CCN(CC(=O)Nc2ccccc2Br)CC1. The first-order valence-electron chi connectivity index (χ1n) is 6.10. The van der Waals surface area contributed by atoms with Gasteiger partial charge in [0.25, 0.3) is 0 Å². The Morgan fingerprint density at radius 1 is 1.28 bits per heavy atom. The molecule has 1 saturated heterocycles. The molecule has 18 heavy (non-hydrogen) atoms. The Morgan fingerprint density at radius 3 is 2.61 bits per heavy atom. The molecule has 0 radical (unpaired) electrons. The summed E-state index contributed by atoms with van der Waals surface area (Å²) >= 11 is 3.42. The fourth-order valence-electron chi connectivity index (χ4n) is 1.96. The first-order valence-corrected chi connectivity index (χ1v) is 6.90. The first kappa shape index (κ1) is 13.5. The van der Waals surface area contributed by atoms with E-state index in [1.54, 1.807) is 0 Å². The van der Waals surface area contributed by atoms with Crippen LogP contribution < -0.4 is 5.32 Å². The largest absolute Gasteiger partial charge is 0.324 e. The molecule has 0 atom stereocenters. The maximum Gasteiger partial charge on any atom is 0.238 e. The van der Waals surface area contributed by atoms with E-state index < -0.39 is 0 Å². The third kappa shape index (κ3) is 3.80. The molecule has 1 fully saturated rings. The van der Waals surface area contributed by atoms with Crippen LogP contribution in [0, 0.1) is 0 Å². The van der Waals surface area contributed by atoms with Crippen molar-refractivity contribution in [1.82, 2.24) is 9.80 Å². The van der Waals surface area contributed by atoms with Crippen molar-refractivity contribution in [3.63, 3.8) is 0 Å². The highest BCUT2D eigenvalue weighted by molar-refractivity contribution is 9.10. The number of nitrogens with zero attached hydrogens (tertiary/aromatic N) is 2. The summed E-state index contributed by atoms with van der Waals surface area (Å²) in [5.74, 6) is 0.0476. The van der Waals surface area contributed by atoms with Gasteiger partial charge in [-0.25, -0.2) is 0 Å². The maximum absolute atomic E-state index is 11.9. The van der Waals surface area contributed by atoms with Crippen LogP contribution in [0.5, 0.6) is 0 Å². The van der Waals surface area contributed by atoms with E-state index >= 15 is 0 Å². The topological polar surface area (TPSA) is 35.6 Å². The summed E-state index contributed by atoms with van der Waals surface area (Å²) in [6, 6.07) is 7.66. The van der Waals surface area contributed by atoms with Crippen molar-refractivity contribution in [3.05, 3.63) is 28.7 Å². The van der Waals surface area contributed by atoms with Crippen molar-refractivity contribution in [2.45, 2.75) is 0 Å². The number of nitrogens with one attached hydrogen (secondary N) is 1. The second-order valence-electron chi connectivity index (χ2n) is 4.61. The zero-order valence-electron chi connectivity index (χ0n) is 10.5. The van der Waals surface area contributed by atoms with Gasteiger partial charge in [-0.15, -0.1) is 0 Å². The van der Waals surface area contributed by atoms with E-state index in [9.17, 15) is 4.79 Å². The number of hydrogen-bond acceptors (Lipinski definition) is 3. The highest BCUT2D eigenvalue weighted by atomic mass is 79.9. The van der Waals surface area contributed by atoms with Crippen LogP contribution in [0.15, 0.2) is 28.7 Å². The molecule has 0 unspecified atom stereocenters. The Bertz CT molecular complexity index is 416. The average Bonchev–Trinajstić information content (AvgIpc) is 2.35.